The van der Waals surface area contributed by atoms with Gasteiger partial charge < -0.3 is 24.0 Å². The summed E-state index contributed by atoms with van der Waals surface area (Å²) in [4.78, 5) is 28.4. The summed E-state index contributed by atoms with van der Waals surface area (Å²) in [5, 5.41) is -0.0661. The third-order valence-corrected chi connectivity index (χ3v) is 5.27. The zero-order chi connectivity index (χ0) is 21.1. The number of ether oxygens (including phenoxy) is 3. The number of para-hydroxylation sites is 2. The number of benzene rings is 2. The van der Waals surface area contributed by atoms with Gasteiger partial charge in [-0.2, -0.15) is 0 Å². The van der Waals surface area contributed by atoms with Crippen molar-refractivity contribution in [1.29, 1.82) is 0 Å². The number of rotatable bonds is 4. The van der Waals surface area contributed by atoms with Crippen LogP contribution in [0, 0.1) is 5.82 Å². The van der Waals surface area contributed by atoms with Crippen molar-refractivity contribution in [1.82, 2.24) is 9.80 Å². The Morgan fingerprint density at radius 1 is 1.07 bits per heavy atom. The zero-order valence-electron chi connectivity index (χ0n) is 16.1. The first-order valence-electron chi connectivity index (χ1n) is 9.54. The maximum absolute atomic E-state index is 13.2. The fourth-order valence-electron chi connectivity index (χ4n) is 3.32. The van der Waals surface area contributed by atoms with E-state index < -0.39 is 11.9 Å². The SMILES string of the molecule is O=C(COc1ccc(F)c(Cl)c1)N1CCN(C(=O)[C@H]2COc3ccccc3O2)CC1. The third kappa shape index (κ3) is 4.43. The van der Waals surface area contributed by atoms with E-state index in [9.17, 15) is 14.0 Å². The maximum Gasteiger partial charge on any atom is 0.267 e. The summed E-state index contributed by atoms with van der Waals surface area (Å²) in [7, 11) is 0. The van der Waals surface area contributed by atoms with Crippen molar-refractivity contribution in [3.05, 3.63) is 53.3 Å². The van der Waals surface area contributed by atoms with Gasteiger partial charge in [0.2, 0.25) is 6.10 Å². The molecule has 2 aliphatic heterocycles. The van der Waals surface area contributed by atoms with E-state index in [-0.39, 0.29) is 30.1 Å². The Morgan fingerprint density at radius 2 is 1.77 bits per heavy atom. The first-order valence-corrected chi connectivity index (χ1v) is 9.92. The highest BCUT2D eigenvalue weighted by Gasteiger charge is 2.33. The average Bonchev–Trinajstić information content (AvgIpc) is 2.79. The molecule has 2 heterocycles. The number of carbonyl (C=O) groups is 2. The molecular weight excluding hydrogens is 415 g/mol. The summed E-state index contributed by atoms with van der Waals surface area (Å²) < 4.78 is 30.0. The standard InChI is InChI=1S/C21H20ClFN2O5/c22-15-11-14(5-6-16(15)23)28-13-20(26)24-7-9-25(10-8-24)21(27)19-12-29-17-3-1-2-4-18(17)30-19/h1-6,11,19H,7-10,12-13H2/t19-/m1/s1. The number of fused-ring (bicyclic) bond motifs is 1. The first kappa shape index (κ1) is 20.3. The van der Waals surface area contributed by atoms with E-state index in [1.165, 1.54) is 18.2 Å². The van der Waals surface area contributed by atoms with Crippen LogP contribution in [0.4, 0.5) is 4.39 Å². The Bertz CT molecular complexity index is 949. The normalized spacial score (nSPS) is 18.1. The van der Waals surface area contributed by atoms with E-state index in [1.807, 2.05) is 12.1 Å². The molecule has 0 aliphatic carbocycles. The van der Waals surface area contributed by atoms with Gasteiger partial charge in [-0.1, -0.05) is 23.7 Å². The van der Waals surface area contributed by atoms with Gasteiger partial charge >= 0.3 is 0 Å². The van der Waals surface area contributed by atoms with E-state index >= 15 is 0 Å². The molecule has 2 aromatic rings. The number of amides is 2. The van der Waals surface area contributed by atoms with Gasteiger partial charge in [-0.25, -0.2) is 4.39 Å². The van der Waals surface area contributed by atoms with Gasteiger partial charge in [-0.05, 0) is 24.3 Å². The molecule has 0 saturated carbocycles. The van der Waals surface area contributed by atoms with Crippen molar-refractivity contribution in [2.24, 2.45) is 0 Å². The average molecular weight is 435 g/mol. The molecule has 9 heteroatoms. The molecule has 1 saturated heterocycles. The molecule has 0 aromatic heterocycles. The predicted octanol–water partition coefficient (Wildman–Crippen LogP) is 2.37. The molecule has 7 nitrogen and oxygen atoms in total. The summed E-state index contributed by atoms with van der Waals surface area (Å²) in [5.41, 5.74) is 0. The number of carbonyl (C=O) groups excluding carboxylic acids is 2. The molecule has 4 rings (SSSR count). The minimum Gasteiger partial charge on any atom is -0.485 e. The number of piperazine rings is 1. The summed E-state index contributed by atoms with van der Waals surface area (Å²) in [6, 6.07) is 11.1. The number of hydrogen-bond acceptors (Lipinski definition) is 5. The van der Waals surface area contributed by atoms with E-state index in [4.69, 9.17) is 25.8 Å². The van der Waals surface area contributed by atoms with Crippen molar-refractivity contribution in [2.45, 2.75) is 6.10 Å². The maximum atomic E-state index is 13.2. The van der Waals surface area contributed by atoms with Crippen LogP contribution in [0.2, 0.25) is 5.02 Å². The quantitative estimate of drug-likeness (QED) is 0.739. The molecule has 30 heavy (non-hydrogen) atoms. The van der Waals surface area contributed by atoms with Crippen LogP contribution in [0.3, 0.4) is 0 Å². The Hall–Kier alpha value is -3.00. The van der Waals surface area contributed by atoms with E-state index in [0.717, 1.165) is 0 Å². The highest BCUT2D eigenvalue weighted by atomic mass is 35.5. The molecule has 1 fully saturated rings. The lowest BCUT2D eigenvalue weighted by molar-refractivity contribution is -0.146. The minimum atomic E-state index is -0.700. The lowest BCUT2D eigenvalue weighted by Gasteiger charge is -2.37. The molecule has 0 bridgehead atoms. The van der Waals surface area contributed by atoms with Gasteiger partial charge in [-0.15, -0.1) is 0 Å². The summed E-state index contributed by atoms with van der Waals surface area (Å²) >= 11 is 5.71. The van der Waals surface area contributed by atoms with Gasteiger partial charge in [-0.3, -0.25) is 9.59 Å². The molecule has 2 aromatic carbocycles. The summed E-state index contributed by atoms with van der Waals surface area (Å²) in [5.74, 6) is 0.571. The Kier molecular flexibility index (Phi) is 5.94. The molecule has 2 aliphatic rings. The van der Waals surface area contributed by atoms with Crippen LogP contribution < -0.4 is 14.2 Å². The second-order valence-corrected chi connectivity index (χ2v) is 7.34. The van der Waals surface area contributed by atoms with Crippen LogP contribution in [0.15, 0.2) is 42.5 Å². The monoisotopic (exact) mass is 434 g/mol. The largest absolute Gasteiger partial charge is 0.485 e. The molecular formula is C21H20ClFN2O5. The van der Waals surface area contributed by atoms with Crippen LogP contribution in [0.5, 0.6) is 17.2 Å². The topological polar surface area (TPSA) is 68.3 Å². The van der Waals surface area contributed by atoms with Crippen molar-refractivity contribution in [3.8, 4) is 17.2 Å². The minimum absolute atomic E-state index is 0.0661. The first-order chi connectivity index (χ1) is 14.5. The molecule has 0 unspecified atom stereocenters. The van der Waals surface area contributed by atoms with Crippen LogP contribution in [-0.2, 0) is 9.59 Å². The third-order valence-electron chi connectivity index (χ3n) is 4.98. The van der Waals surface area contributed by atoms with Crippen LogP contribution in [0.1, 0.15) is 0 Å². The van der Waals surface area contributed by atoms with E-state index in [2.05, 4.69) is 0 Å². The van der Waals surface area contributed by atoms with Crippen LogP contribution >= 0.6 is 11.6 Å². The summed E-state index contributed by atoms with van der Waals surface area (Å²) in [6.45, 7) is 1.54. The van der Waals surface area contributed by atoms with Crippen LogP contribution in [0.25, 0.3) is 0 Å². The van der Waals surface area contributed by atoms with Gasteiger partial charge in [0.25, 0.3) is 11.8 Å². The zero-order valence-corrected chi connectivity index (χ0v) is 16.8. The Balaban J connectivity index is 1.25. The van der Waals surface area contributed by atoms with Crippen molar-refractivity contribution in [2.75, 3.05) is 39.4 Å². The highest BCUT2D eigenvalue weighted by molar-refractivity contribution is 6.30. The van der Waals surface area contributed by atoms with Gasteiger partial charge in [0, 0.05) is 32.2 Å². The number of nitrogens with zero attached hydrogens (tertiary/aromatic N) is 2. The summed E-state index contributed by atoms with van der Waals surface area (Å²) in [6.07, 6.45) is -0.700. The van der Waals surface area contributed by atoms with Crippen molar-refractivity contribution in [3.63, 3.8) is 0 Å². The second-order valence-electron chi connectivity index (χ2n) is 6.93. The predicted molar refractivity (Wildman–Crippen MR) is 106 cm³/mol. The molecule has 158 valence electrons. The van der Waals surface area contributed by atoms with Crippen molar-refractivity contribution >= 4 is 23.4 Å². The molecule has 0 radical (unpaired) electrons. The van der Waals surface area contributed by atoms with E-state index in [1.54, 1.807) is 21.9 Å². The second kappa shape index (κ2) is 8.79. The Labute approximate surface area is 177 Å². The fourth-order valence-corrected chi connectivity index (χ4v) is 3.49. The number of hydrogen-bond donors (Lipinski definition) is 0. The van der Waals surface area contributed by atoms with Crippen LogP contribution in [-0.4, -0.2) is 67.1 Å². The lowest BCUT2D eigenvalue weighted by Crippen LogP contribution is -2.55. The van der Waals surface area contributed by atoms with Gasteiger partial charge in [0.1, 0.15) is 18.2 Å². The van der Waals surface area contributed by atoms with E-state index in [0.29, 0.717) is 43.4 Å². The molecule has 2 amide bonds. The molecule has 1 atom stereocenters. The molecule has 0 spiro atoms. The highest BCUT2D eigenvalue weighted by Crippen LogP contribution is 2.31. The lowest BCUT2D eigenvalue weighted by atomic mass is 10.2. The van der Waals surface area contributed by atoms with Gasteiger partial charge in [0.15, 0.2) is 18.1 Å². The Morgan fingerprint density at radius 3 is 2.50 bits per heavy atom. The smallest absolute Gasteiger partial charge is 0.267 e. The van der Waals surface area contributed by atoms with Gasteiger partial charge in [0.05, 0.1) is 5.02 Å². The van der Waals surface area contributed by atoms with Crippen molar-refractivity contribution < 1.29 is 28.2 Å². The molecule has 0 N–H and O–H groups in total. The number of halogens is 2. The fraction of sp³-hybridized carbons (Fsp3) is 0.333.